The smallest absolute Gasteiger partial charge is 0.255 e. The second kappa shape index (κ2) is 7.31. The van der Waals surface area contributed by atoms with Gasteiger partial charge in [-0.25, -0.2) is 0 Å². The highest BCUT2D eigenvalue weighted by Gasteiger charge is 2.18. The third-order valence-electron chi connectivity index (χ3n) is 4.08. The number of nitrogens with zero attached hydrogens (tertiary/aromatic N) is 2. The molecule has 120 valence electrons. The molecule has 2 aromatic carbocycles. The monoisotopic (exact) mass is 421 g/mol. The fourth-order valence-corrected chi connectivity index (χ4v) is 3.27. The summed E-state index contributed by atoms with van der Waals surface area (Å²) in [4.78, 5) is 17.2. The third kappa shape index (κ3) is 4.03. The normalized spacial score (nSPS) is 15.5. The highest BCUT2D eigenvalue weighted by molar-refractivity contribution is 14.1. The summed E-state index contributed by atoms with van der Waals surface area (Å²) >= 11 is 2.22. The molecular formula is C18H20IN3O. The molecule has 23 heavy (non-hydrogen) atoms. The van der Waals surface area contributed by atoms with Gasteiger partial charge in [0.25, 0.3) is 5.91 Å². The number of hydrogen-bond donors (Lipinski definition) is 1. The van der Waals surface area contributed by atoms with Crippen molar-refractivity contribution in [3.05, 3.63) is 57.7 Å². The van der Waals surface area contributed by atoms with E-state index >= 15 is 0 Å². The molecular weight excluding hydrogens is 401 g/mol. The molecule has 0 aliphatic carbocycles. The molecule has 5 heteroatoms. The van der Waals surface area contributed by atoms with Crippen LogP contribution in [-0.4, -0.2) is 44.0 Å². The summed E-state index contributed by atoms with van der Waals surface area (Å²) in [6, 6.07) is 15.7. The molecule has 1 heterocycles. The minimum Gasteiger partial charge on any atom is -0.367 e. The third-order valence-corrected chi connectivity index (χ3v) is 4.75. The van der Waals surface area contributed by atoms with Gasteiger partial charge in [0.05, 0.1) is 11.4 Å². The molecule has 1 aliphatic rings. The molecule has 3 rings (SSSR count). The maximum Gasteiger partial charge on any atom is 0.255 e. The summed E-state index contributed by atoms with van der Waals surface area (Å²) in [5, 5.41) is 3.07. The van der Waals surface area contributed by atoms with E-state index in [1.54, 1.807) is 0 Å². The number of halogens is 1. The summed E-state index contributed by atoms with van der Waals surface area (Å²) in [7, 11) is 2.14. The van der Waals surface area contributed by atoms with Gasteiger partial charge in [0.1, 0.15) is 0 Å². The summed E-state index contributed by atoms with van der Waals surface area (Å²) in [5.41, 5.74) is 2.66. The molecule has 1 aliphatic heterocycles. The summed E-state index contributed by atoms with van der Waals surface area (Å²) in [5.74, 6) is -0.0647. The van der Waals surface area contributed by atoms with Crippen LogP contribution in [0.2, 0.25) is 0 Å². The Morgan fingerprint density at radius 3 is 2.52 bits per heavy atom. The van der Waals surface area contributed by atoms with E-state index in [0.717, 1.165) is 41.1 Å². The molecule has 1 N–H and O–H groups in total. The van der Waals surface area contributed by atoms with Crippen LogP contribution in [-0.2, 0) is 0 Å². The van der Waals surface area contributed by atoms with Crippen molar-refractivity contribution in [1.82, 2.24) is 4.90 Å². The molecule has 0 unspecified atom stereocenters. The average Bonchev–Trinajstić information content (AvgIpc) is 2.56. The molecule has 0 radical (unpaired) electrons. The average molecular weight is 421 g/mol. The van der Waals surface area contributed by atoms with Crippen molar-refractivity contribution >= 4 is 39.9 Å². The summed E-state index contributed by atoms with van der Waals surface area (Å²) in [6.45, 7) is 4.04. The van der Waals surface area contributed by atoms with E-state index in [4.69, 9.17) is 0 Å². The number of carbonyl (C=O) groups is 1. The van der Waals surface area contributed by atoms with E-state index in [1.165, 1.54) is 0 Å². The Balaban J connectivity index is 1.79. The lowest BCUT2D eigenvalue weighted by molar-refractivity contribution is 0.102. The molecule has 1 saturated heterocycles. The maximum atomic E-state index is 12.5. The quantitative estimate of drug-likeness (QED) is 0.773. The number of anilines is 2. The van der Waals surface area contributed by atoms with Crippen molar-refractivity contribution in [3.8, 4) is 0 Å². The van der Waals surface area contributed by atoms with Crippen molar-refractivity contribution in [2.45, 2.75) is 0 Å². The van der Waals surface area contributed by atoms with Crippen molar-refractivity contribution in [2.75, 3.05) is 43.4 Å². The lowest BCUT2D eigenvalue weighted by Crippen LogP contribution is -2.44. The first-order valence-corrected chi connectivity index (χ1v) is 8.81. The van der Waals surface area contributed by atoms with Crippen molar-refractivity contribution in [1.29, 1.82) is 0 Å². The van der Waals surface area contributed by atoms with Crippen molar-refractivity contribution in [3.63, 3.8) is 0 Å². The van der Waals surface area contributed by atoms with Crippen molar-refractivity contribution < 1.29 is 4.79 Å². The van der Waals surface area contributed by atoms with Gasteiger partial charge in [0.2, 0.25) is 0 Å². The zero-order valence-corrected chi connectivity index (χ0v) is 15.3. The number of carbonyl (C=O) groups excluding carboxylic acids is 1. The van der Waals surface area contributed by atoms with E-state index < -0.39 is 0 Å². The molecule has 1 amide bonds. The van der Waals surface area contributed by atoms with Gasteiger partial charge in [-0.2, -0.15) is 0 Å². The van der Waals surface area contributed by atoms with Crippen LogP contribution in [0.3, 0.4) is 0 Å². The molecule has 0 spiro atoms. The first-order valence-electron chi connectivity index (χ1n) is 7.73. The lowest BCUT2D eigenvalue weighted by atomic mass is 10.2. The minimum atomic E-state index is -0.0647. The predicted molar refractivity (Wildman–Crippen MR) is 103 cm³/mol. The Kier molecular flexibility index (Phi) is 5.17. The Labute approximate surface area is 150 Å². The fourth-order valence-electron chi connectivity index (χ4n) is 2.73. The second-order valence-corrected chi connectivity index (χ2v) is 7.02. The van der Waals surface area contributed by atoms with Gasteiger partial charge in [-0.05, 0) is 60.0 Å². The Bertz CT molecular complexity index is 696. The minimum absolute atomic E-state index is 0.0647. The van der Waals surface area contributed by atoms with Gasteiger partial charge in [0.15, 0.2) is 0 Å². The van der Waals surface area contributed by atoms with Crippen LogP contribution in [0.25, 0.3) is 0 Å². The highest BCUT2D eigenvalue weighted by Crippen LogP contribution is 2.27. The van der Waals surface area contributed by atoms with Gasteiger partial charge in [0, 0.05) is 35.3 Å². The first-order chi connectivity index (χ1) is 11.1. The standard InChI is InChI=1S/C18H20IN3O/c1-21-9-11-22(12-10-21)17-8-3-2-7-16(17)20-18(23)14-5-4-6-15(19)13-14/h2-8,13H,9-12H2,1H3,(H,20,23). The van der Waals surface area contributed by atoms with Gasteiger partial charge in [-0.15, -0.1) is 0 Å². The van der Waals surface area contributed by atoms with Crippen LogP contribution in [0.15, 0.2) is 48.5 Å². The van der Waals surface area contributed by atoms with Crippen LogP contribution in [0.4, 0.5) is 11.4 Å². The first kappa shape index (κ1) is 16.3. The van der Waals surface area contributed by atoms with Gasteiger partial charge >= 0.3 is 0 Å². The van der Waals surface area contributed by atoms with Gasteiger partial charge < -0.3 is 15.1 Å². The number of amides is 1. The predicted octanol–water partition coefficient (Wildman–Crippen LogP) is 3.30. The zero-order chi connectivity index (χ0) is 16.2. The number of para-hydroxylation sites is 2. The van der Waals surface area contributed by atoms with E-state index in [9.17, 15) is 4.79 Å². The number of hydrogen-bond acceptors (Lipinski definition) is 3. The number of benzene rings is 2. The van der Waals surface area contributed by atoms with E-state index in [2.05, 4.69) is 50.8 Å². The Morgan fingerprint density at radius 1 is 1.04 bits per heavy atom. The van der Waals surface area contributed by atoms with Crippen LogP contribution >= 0.6 is 22.6 Å². The lowest BCUT2D eigenvalue weighted by Gasteiger charge is -2.35. The zero-order valence-electron chi connectivity index (χ0n) is 13.1. The number of likely N-dealkylation sites (N-methyl/N-ethyl adjacent to an activating group) is 1. The van der Waals surface area contributed by atoms with Gasteiger partial charge in [-0.1, -0.05) is 18.2 Å². The Hall–Kier alpha value is -1.60. The highest BCUT2D eigenvalue weighted by atomic mass is 127. The van der Waals surface area contributed by atoms with Gasteiger partial charge in [-0.3, -0.25) is 4.79 Å². The van der Waals surface area contributed by atoms with E-state index in [1.807, 2.05) is 42.5 Å². The van der Waals surface area contributed by atoms with Crippen LogP contribution < -0.4 is 10.2 Å². The molecule has 2 aromatic rings. The topological polar surface area (TPSA) is 35.6 Å². The second-order valence-electron chi connectivity index (χ2n) is 5.77. The van der Waals surface area contributed by atoms with Crippen molar-refractivity contribution in [2.24, 2.45) is 0 Å². The molecule has 0 atom stereocenters. The molecule has 0 aromatic heterocycles. The van der Waals surface area contributed by atoms with E-state index in [0.29, 0.717) is 5.56 Å². The molecule has 4 nitrogen and oxygen atoms in total. The molecule has 1 fully saturated rings. The van der Waals surface area contributed by atoms with Crippen LogP contribution in [0, 0.1) is 3.57 Å². The number of piperazine rings is 1. The fraction of sp³-hybridized carbons (Fsp3) is 0.278. The van der Waals surface area contributed by atoms with Crippen LogP contribution in [0.1, 0.15) is 10.4 Å². The maximum absolute atomic E-state index is 12.5. The van der Waals surface area contributed by atoms with Crippen LogP contribution in [0.5, 0.6) is 0 Å². The SMILES string of the molecule is CN1CCN(c2ccccc2NC(=O)c2cccc(I)c2)CC1. The summed E-state index contributed by atoms with van der Waals surface area (Å²) in [6.07, 6.45) is 0. The largest absolute Gasteiger partial charge is 0.367 e. The molecule has 0 saturated carbocycles. The van der Waals surface area contributed by atoms with E-state index in [-0.39, 0.29) is 5.91 Å². The molecule has 0 bridgehead atoms. The number of rotatable bonds is 3. The summed E-state index contributed by atoms with van der Waals surface area (Å²) < 4.78 is 1.06. The number of nitrogens with one attached hydrogen (secondary N) is 1. The Morgan fingerprint density at radius 2 is 1.78 bits per heavy atom.